The number of aryl methyl sites for hydroxylation is 1. The Bertz CT molecular complexity index is 706. The standard InChI is InChI=1S/C17H27N7OS/c1-13(2)10-19-16(25)14-11-26-17(21-14)24-12-20-22-15(24)4-3-7-23-8-5-18-6-9-23/h11-13,18H,3-10H2,1-2H3,(H,19,25). The molecule has 0 aromatic carbocycles. The molecule has 3 heterocycles. The van der Waals surface area contributed by atoms with Gasteiger partial charge in [-0.15, -0.1) is 21.5 Å². The second-order valence-corrected chi connectivity index (χ2v) is 7.77. The molecule has 1 aliphatic heterocycles. The van der Waals surface area contributed by atoms with Crippen molar-refractivity contribution in [3.8, 4) is 5.13 Å². The Morgan fingerprint density at radius 2 is 2.19 bits per heavy atom. The molecule has 0 radical (unpaired) electrons. The van der Waals surface area contributed by atoms with Crippen molar-refractivity contribution < 1.29 is 4.79 Å². The topological polar surface area (TPSA) is 88.0 Å². The van der Waals surface area contributed by atoms with E-state index in [0.29, 0.717) is 18.2 Å². The fraction of sp³-hybridized carbons (Fsp3) is 0.647. The molecule has 0 spiro atoms. The van der Waals surface area contributed by atoms with E-state index < -0.39 is 0 Å². The van der Waals surface area contributed by atoms with Gasteiger partial charge in [-0.3, -0.25) is 9.36 Å². The molecule has 9 heteroatoms. The lowest BCUT2D eigenvalue weighted by Crippen LogP contribution is -2.43. The molecule has 1 aliphatic rings. The number of carbonyl (C=O) groups is 1. The van der Waals surface area contributed by atoms with Crippen LogP contribution in [-0.4, -0.2) is 69.8 Å². The van der Waals surface area contributed by atoms with Crippen molar-refractivity contribution in [3.63, 3.8) is 0 Å². The van der Waals surface area contributed by atoms with Gasteiger partial charge in [0.25, 0.3) is 5.91 Å². The van der Waals surface area contributed by atoms with Crippen LogP contribution in [-0.2, 0) is 6.42 Å². The highest BCUT2D eigenvalue weighted by atomic mass is 32.1. The quantitative estimate of drug-likeness (QED) is 0.712. The number of rotatable bonds is 8. The smallest absolute Gasteiger partial charge is 0.270 e. The number of carbonyl (C=O) groups excluding carboxylic acids is 1. The zero-order valence-electron chi connectivity index (χ0n) is 15.4. The Hall–Kier alpha value is -1.84. The van der Waals surface area contributed by atoms with Crippen LogP contribution in [0.5, 0.6) is 0 Å². The van der Waals surface area contributed by atoms with Crippen molar-refractivity contribution in [3.05, 3.63) is 23.2 Å². The Labute approximate surface area is 158 Å². The Kier molecular flexibility index (Phi) is 6.70. The van der Waals surface area contributed by atoms with Crippen molar-refractivity contribution in [2.75, 3.05) is 39.3 Å². The van der Waals surface area contributed by atoms with Crippen LogP contribution in [0, 0.1) is 5.92 Å². The first-order chi connectivity index (χ1) is 12.6. The van der Waals surface area contributed by atoms with E-state index in [1.165, 1.54) is 11.3 Å². The molecule has 1 fully saturated rings. The summed E-state index contributed by atoms with van der Waals surface area (Å²) in [6, 6.07) is 0. The normalized spacial score (nSPS) is 15.5. The summed E-state index contributed by atoms with van der Waals surface area (Å²) >= 11 is 1.44. The lowest BCUT2D eigenvalue weighted by atomic mass is 10.2. The molecule has 1 saturated heterocycles. The van der Waals surface area contributed by atoms with Crippen LogP contribution in [0.3, 0.4) is 0 Å². The monoisotopic (exact) mass is 377 g/mol. The van der Waals surface area contributed by atoms with E-state index in [1.807, 2.05) is 4.57 Å². The van der Waals surface area contributed by atoms with Crippen LogP contribution in [0.2, 0.25) is 0 Å². The number of hydrogen-bond acceptors (Lipinski definition) is 7. The summed E-state index contributed by atoms with van der Waals surface area (Å²) in [5.74, 6) is 1.18. The summed E-state index contributed by atoms with van der Waals surface area (Å²) in [4.78, 5) is 19.1. The maximum Gasteiger partial charge on any atom is 0.270 e. The largest absolute Gasteiger partial charge is 0.350 e. The molecular formula is C17H27N7OS. The van der Waals surface area contributed by atoms with Gasteiger partial charge in [0.2, 0.25) is 0 Å². The summed E-state index contributed by atoms with van der Waals surface area (Å²) < 4.78 is 1.89. The van der Waals surface area contributed by atoms with Gasteiger partial charge >= 0.3 is 0 Å². The highest BCUT2D eigenvalue weighted by molar-refractivity contribution is 7.12. The van der Waals surface area contributed by atoms with Crippen LogP contribution in [0.4, 0.5) is 0 Å². The third-order valence-corrected chi connectivity index (χ3v) is 5.14. The minimum atomic E-state index is -0.130. The number of aromatic nitrogens is 4. The lowest BCUT2D eigenvalue weighted by molar-refractivity contribution is 0.0944. The van der Waals surface area contributed by atoms with Gasteiger partial charge in [0.1, 0.15) is 17.8 Å². The second kappa shape index (κ2) is 9.20. The van der Waals surface area contributed by atoms with E-state index >= 15 is 0 Å². The summed E-state index contributed by atoms with van der Waals surface area (Å²) in [6.45, 7) is 10.2. The second-order valence-electron chi connectivity index (χ2n) is 6.93. The van der Waals surface area contributed by atoms with Crippen LogP contribution < -0.4 is 10.6 Å². The molecule has 0 atom stereocenters. The Balaban J connectivity index is 1.56. The number of hydrogen-bond donors (Lipinski definition) is 2. The molecule has 0 unspecified atom stereocenters. The first kappa shape index (κ1) is 18.9. The molecule has 2 aromatic rings. The fourth-order valence-electron chi connectivity index (χ4n) is 2.85. The maximum absolute atomic E-state index is 12.1. The van der Waals surface area contributed by atoms with Crippen LogP contribution in [0.1, 0.15) is 36.6 Å². The van der Waals surface area contributed by atoms with E-state index in [-0.39, 0.29) is 5.91 Å². The molecule has 0 saturated carbocycles. The van der Waals surface area contributed by atoms with Gasteiger partial charge in [-0.05, 0) is 18.9 Å². The molecule has 0 bridgehead atoms. The summed E-state index contributed by atoms with van der Waals surface area (Å²) in [7, 11) is 0. The zero-order valence-corrected chi connectivity index (χ0v) is 16.3. The van der Waals surface area contributed by atoms with Crippen LogP contribution in [0.15, 0.2) is 11.7 Å². The van der Waals surface area contributed by atoms with Gasteiger partial charge in [-0.25, -0.2) is 4.98 Å². The molecule has 2 N–H and O–H groups in total. The third-order valence-electron chi connectivity index (χ3n) is 4.30. The fourth-order valence-corrected chi connectivity index (χ4v) is 3.65. The summed E-state index contributed by atoms with van der Waals surface area (Å²) in [6.07, 6.45) is 3.55. The molecule has 142 valence electrons. The maximum atomic E-state index is 12.1. The van der Waals surface area contributed by atoms with Gasteiger partial charge in [-0.1, -0.05) is 13.8 Å². The molecule has 26 heavy (non-hydrogen) atoms. The molecular weight excluding hydrogens is 350 g/mol. The van der Waals surface area contributed by atoms with Crippen LogP contribution in [0.25, 0.3) is 5.13 Å². The van der Waals surface area contributed by atoms with E-state index in [9.17, 15) is 4.79 Å². The zero-order chi connectivity index (χ0) is 18.4. The number of amides is 1. The molecule has 0 aliphatic carbocycles. The highest BCUT2D eigenvalue weighted by Gasteiger charge is 2.15. The first-order valence-electron chi connectivity index (χ1n) is 9.19. The Morgan fingerprint density at radius 3 is 2.96 bits per heavy atom. The molecule has 8 nitrogen and oxygen atoms in total. The Morgan fingerprint density at radius 1 is 1.38 bits per heavy atom. The summed E-state index contributed by atoms with van der Waals surface area (Å²) in [5.41, 5.74) is 0.450. The van der Waals surface area contributed by atoms with Crippen molar-refractivity contribution in [1.29, 1.82) is 0 Å². The van der Waals surface area contributed by atoms with Gasteiger partial charge in [0.15, 0.2) is 5.13 Å². The predicted octanol–water partition coefficient (Wildman–Crippen LogP) is 0.947. The van der Waals surface area contributed by atoms with Gasteiger partial charge in [0.05, 0.1) is 0 Å². The lowest BCUT2D eigenvalue weighted by Gasteiger charge is -2.26. The molecule has 3 rings (SSSR count). The number of piperazine rings is 1. The van der Waals surface area contributed by atoms with E-state index in [2.05, 4.69) is 44.6 Å². The van der Waals surface area contributed by atoms with Crippen molar-refractivity contribution in [1.82, 2.24) is 35.3 Å². The van der Waals surface area contributed by atoms with E-state index in [0.717, 1.165) is 56.5 Å². The molecule has 2 aromatic heterocycles. The minimum Gasteiger partial charge on any atom is -0.350 e. The van der Waals surface area contributed by atoms with E-state index in [4.69, 9.17) is 0 Å². The van der Waals surface area contributed by atoms with Crippen LogP contribution >= 0.6 is 11.3 Å². The first-order valence-corrected chi connectivity index (χ1v) is 10.1. The SMILES string of the molecule is CC(C)CNC(=O)c1csc(-n2cnnc2CCCN2CCNCC2)n1. The number of thiazole rings is 1. The number of nitrogens with one attached hydrogen (secondary N) is 2. The summed E-state index contributed by atoms with van der Waals surface area (Å²) in [5, 5.41) is 17.1. The highest BCUT2D eigenvalue weighted by Crippen LogP contribution is 2.17. The third kappa shape index (κ3) is 5.09. The minimum absolute atomic E-state index is 0.130. The van der Waals surface area contributed by atoms with Gasteiger partial charge in [0, 0.05) is 44.5 Å². The van der Waals surface area contributed by atoms with Crippen molar-refractivity contribution in [2.24, 2.45) is 5.92 Å². The van der Waals surface area contributed by atoms with Gasteiger partial charge < -0.3 is 15.5 Å². The predicted molar refractivity (Wildman–Crippen MR) is 102 cm³/mol. The average Bonchev–Trinajstić information content (AvgIpc) is 3.29. The number of nitrogens with zero attached hydrogens (tertiary/aromatic N) is 5. The van der Waals surface area contributed by atoms with Crippen molar-refractivity contribution >= 4 is 17.2 Å². The van der Waals surface area contributed by atoms with Crippen molar-refractivity contribution in [2.45, 2.75) is 26.7 Å². The average molecular weight is 378 g/mol. The van der Waals surface area contributed by atoms with E-state index in [1.54, 1.807) is 11.7 Å². The molecule has 1 amide bonds. The van der Waals surface area contributed by atoms with Gasteiger partial charge in [-0.2, -0.15) is 0 Å².